The van der Waals surface area contributed by atoms with Gasteiger partial charge in [-0.15, -0.1) is 0 Å². The zero-order valence-corrected chi connectivity index (χ0v) is 10.4. The second kappa shape index (κ2) is 3.54. The molecule has 0 aromatic carbocycles. The summed E-state index contributed by atoms with van der Waals surface area (Å²) in [5, 5.41) is 0. The highest BCUT2D eigenvalue weighted by Crippen LogP contribution is 2.41. The van der Waals surface area contributed by atoms with Crippen LogP contribution in [0.5, 0.6) is 0 Å². The highest BCUT2D eigenvalue weighted by molar-refractivity contribution is 6.48. The Balaban J connectivity index is 2.56. The molecule has 0 bridgehead atoms. The molecule has 0 saturated heterocycles. The van der Waals surface area contributed by atoms with E-state index in [1.54, 1.807) is 0 Å². The van der Waals surface area contributed by atoms with Crippen LogP contribution in [0.4, 0.5) is 0 Å². The predicted octanol–water partition coefficient (Wildman–Crippen LogP) is 1.99. The average molecular weight is 200 g/mol. The molecule has 0 aromatic heterocycles. The number of carbonyl (C=O) groups is 1. The van der Waals surface area contributed by atoms with Gasteiger partial charge in [0.15, 0.2) is 14.8 Å². The molecule has 3 heteroatoms. The Morgan fingerprint density at radius 2 is 1.92 bits per heavy atom. The quantitative estimate of drug-likeness (QED) is 0.637. The first-order valence-electron chi connectivity index (χ1n) is 5.00. The van der Waals surface area contributed by atoms with Gasteiger partial charge in [-0.1, -0.05) is 20.8 Å². The summed E-state index contributed by atoms with van der Waals surface area (Å²) < 4.78 is 5.73. The van der Waals surface area contributed by atoms with Gasteiger partial charge in [-0.3, -0.25) is 4.79 Å². The summed E-state index contributed by atoms with van der Waals surface area (Å²) in [7, 11) is -1.06. The van der Waals surface area contributed by atoms with E-state index < -0.39 is 9.04 Å². The van der Waals surface area contributed by atoms with Gasteiger partial charge >= 0.3 is 0 Å². The molecule has 0 spiro atoms. The van der Waals surface area contributed by atoms with Crippen molar-refractivity contribution in [1.82, 2.24) is 0 Å². The summed E-state index contributed by atoms with van der Waals surface area (Å²) in [6.45, 7) is 10.8. The Morgan fingerprint density at radius 3 is 2.23 bits per heavy atom. The first kappa shape index (κ1) is 10.9. The zero-order chi connectivity index (χ0) is 10.2. The van der Waals surface area contributed by atoms with E-state index in [0.717, 1.165) is 6.42 Å². The van der Waals surface area contributed by atoms with E-state index in [4.69, 9.17) is 4.43 Å². The Morgan fingerprint density at radius 1 is 1.38 bits per heavy atom. The Bertz CT molecular complexity index is 205. The van der Waals surface area contributed by atoms with E-state index in [0.29, 0.717) is 11.7 Å². The minimum atomic E-state index is -1.06. The van der Waals surface area contributed by atoms with E-state index in [1.807, 2.05) is 0 Å². The van der Waals surface area contributed by atoms with Crippen molar-refractivity contribution in [3.05, 3.63) is 0 Å². The van der Waals surface area contributed by atoms with Crippen LogP contribution in [0.3, 0.4) is 0 Å². The molecule has 0 amide bonds. The van der Waals surface area contributed by atoms with Crippen LogP contribution in [-0.4, -0.2) is 20.9 Å². The summed E-state index contributed by atoms with van der Waals surface area (Å²) in [5.74, 6) is 0.746. The van der Waals surface area contributed by atoms with Gasteiger partial charge in [0.25, 0.3) is 0 Å². The standard InChI is InChI=1S/C10H20O2Si/c1-10(2,3)7-6-8(11)9(7)12-13(4)5/h7,9,13H,6H2,1-5H3. The first-order chi connectivity index (χ1) is 5.82. The molecule has 1 aliphatic carbocycles. The minimum Gasteiger partial charge on any atom is -0.410 e. The minimum absolute atomic E-state index is 0.0772. The number of hydrogen-bond donors (Lipinski definition) is 0. The number of ketones is 1. The van der Waals surface area contributed by atoms with Crippen molar-refractivity contribution >= 4 is 14.8 Å². The van der Waals surface area contributed by atoms with Gasteiger partial charge < -0.3 is 4.43 Å². The third kappa shape index (κ3) is 2.41. The normalized spacial score (nSPS) is 29.2. The molecular weight excluding hydrogens is 180 g/mol. The van der Waals surface area contributed by atoms with Crippen molar-refractivity contribution in [2.24, 2.45) is 11.3 Å². The van der Waals surface area contributed by atoms with Gasteiger partial charge in [0.1, 0.15) is 6.10 Å². The molecule has 2 atom stereocenters. The summed E-state index contributed by atoms with van der Waals surface area (Å²) in [5.41, 5.74) is 0.210. The van der Waals surface area contributed by atoms with Crippen molar-refractivity contribution in [1.29, 1.82) is 0 Å². The Hall–Kier alpha value is -0.153. The van der Waals surface area contributed by atoms with E-state index in [9.17, 15) is 4.79 Å². The van der Waals surface area contributed by atoms with Crippen LogP contribution in [0.25, 0.3) is 0 Å². The second-order valence-corrected chi connectivity index (χ2v) is 7.62. The van der Waals surface area contributed by atoms with Crippen LogP contribution in [0.2, 0.25) is 13.1 Å². The smallest absolute Gasteiger partial charge is 0.171 e. The maximum Gasteiger partial charge on any atom is 0.171 e. The van der Waals surface area contributed by atoms with Gasteiger partial charge in [0, 0.05) is 12.3 Å². The lowest BCUT2D eigenvalue weighted by Gasteiger charge is -2.44. The van der Waals surface area contributed by atoms with E-state index in [-0.39, 0.29) is 11.5 Å². The highest BCUT2D eigenvalue weighted by Gasteiger charge is 2.46. The SMILES string of the molecule is C[SiH](C)OC1C(=O)CC1C(C)(C)C. The van der Waals surface area contributed by atoms with Crippen LogP contribution in [0, 0.1) is 11.3 Å². The van der Waals surface area contributed by atoms with Crippen LogP contribution >= 0.6 is 0 Å². The van der Waals surface area contributed by atoms with Crippen LogP contribution in [0.15, 0.2) is 0 Å². The highest BCUT2D eigenvalue weighted by atomic mass is 28.3. The third-order valence-corrected chi connectivity index (χ3v) is 3.47. The largest absolute Gasteiger partial charge is 0.410 e. The zero-order valence-electron chi connectivity index (χ0n) is 9.26. The van der Waals surface area contributed by atoms with Crippen molar-refractivity contribution in [3.63, 3.8) is 0 Å². The number of hydrogen-bond acceptors (Lipinski definition) is 2. The molecule has 0 N–H and O–H groups in total. The summed E-state index contributed by atoms with van der Waals surface area (Å²) in [4.78, 5) is 11.3. The Labute approximate surface area is 82.4 Å². The van der Waals surface area contributed by atoms with E-state index in [1.165, 1.54) is 0 Å². The summed E-state index contributed by atoms with van der Waals surface area (Å²) >= 11 is 0. The molecule has 1 fully saturated rings. The fraction of sp³-hybridized carbons (Fsp3) is 0.900. The number of Topliss-reactive ketones (excluding diaryl/α,β-unsaturated/α-hetero) is 1. The third-order valence-electron chi connectivity index (χ3n) is 2.64. The van der Waals surface area contributed by atoms with Crippen molar-refractivity contribution in [2.45, 2.75) is 46.4 Å². The molecule has 76 valence electrons. The number of rotatable bonds is 2. The van der Waals surface area contributed by atoms with Crippen LogP contribution in [-0.2, 0) is 9.22 Å². The van der Waals surface area contributed by atoms with Gasteiger partial charge in [-0.05, 0) is 18.5 Å². The summed E-state index contributed by atoms with van der Waals surface area (Å²) in [6.07, 6.45) is 0.640. The maximum absolute atomic E-state index is 11.3. The molecule has 1 rings (SSSR count). The topological polar surface area (TPSA) is 26.3 Å². The second-order valence-electron chi connectivity index (χ2n) is 5.25. The monoisotopic (exact) mass is 200 g/mol. The molecular formula is C10H20O2Si. The summed E-state index contributed by atoms with van der Waals surface area (Å²) in [6, 6.07) is 0. The van der Waals surface area contributed by atoms with Gasteiger partial charge in [0.2, 0.25) is 0 Å². The van der Waals surface area contributed by atoms with Crippen molar-refractivity contribution in [3.8, 4) is 0 Å². The molecule has 0 radical (unpaired) electrons. The van der Waals surface area contributed by atoms with Crippen molar-refractivity contribution < 1.29 is 9.22 Å². The van der Waals surface area contributed by atoms with Crippen LogP contribution < -0.4 is 0 Å². The van der Waals surface area contributed by atoms with E-state index >= 15 is 0 Å². The molecule has 1 saturated carbocycles. The molecule has 0 aromatic rings. The van der Waals surface area contributed by atoms with Gasteiger partial charge in [-0.25, -0.2) is 0 Å². The lowest BCUT2D eigenvalue weighted by atomic mass is 9.66. The predicted molar refractivity (Wildman–Crippen MR) is 56.3 cm³/mol. The van der Waals surface area contributed by atoms with Gasteiger partial charge in [0.05, 0.1) is 0 Å². The fourth-order valence-electron chi connectivity index (χ4n) is 1.73. The molecule has 1 aliphatic rings. The molecule has 13 heavy (non-hydrogen) atoms. The average Bonchev–Trinajstić information content (AvgIpc) is 1.93. The lowest BCUT2D eigenvalue weighted by Crippen LogP contribution is -2.51. The fourth-order valence-corrected chi connectivity index (χ4v) is 2.66. The Kier molecular flexibility index (Phi) is 2.97. The van der Waals surface area contributed by atoms with E-state index in [2.05, 4.69) is 33.9 Å². The maximum atomic E-state index is 11.3. The molecule has 2 nitrogen and oxygen atoms in total. The van der Waals surface area contributed by atoms with Crippen LogP contribution in [0.1, 0.15) is 27.2 Å². The van der Waals surface area contributed by atoms with Gasteiger partial charge in [-0.2, -0.15) is 0 Å². The first-order valence-corrected chi connectivity index (χ1v) is 7.78. The van der Waals surface area contributed by atoms with Crippen molar-refractivity contribution in [2.75, 3.05) is 0 Å². The molecule has 2 unspecified atom stereocenters. The number of carbonyl (C=O) groups excluding carboxylic acids is 1. The molecule has 0 aliphatic heterocycles. The molecule has 0 heterocycles. The lowest BCUT2D eigenvalue weighted by molar-refractivity contribution is -0.146.